The number of nitrogens with one attached hydrogen (secondary N) is 1. The minimum absolute atomic E-state index is 0.0932. The molecular weight excluding hydrogens is 252 g/mol. The minimum Gasteiger partial charge on any atom is -0.436 e. The number of nitrogen functional groups attached to an aromatic ring is 1. The molecule has 4 nitrogen and oxygen atoms in total. The average Bonchev–Trinajstić information content (AvgIpc) is 2.32. The maximum Gasteiger partial charge on any atom is 0.220 e. The summed E-state index contributed by atoms with van der Waals surface area (Å²) in [6.45, 7) is 1.69. The van der Waals surface area contributed by atoms with E-state index in [4.69, 9.17) is 15.9 Å². The van der Waals surface area contributed by atoms with E-state index in [-0.39, 0.29) is 17.5 Å². The number of aryl methyl sites for hydroxylation is 1. The van der Waals surface area contributed by atoms with Crippen LogP contribution in [-0.2, 0) is 0 Å². The summed E-state index contributed by atoms with van der Waals surface area (Å²) in [6.07, 6.45) is 0. The molecule has 1 heterocycles. The Morgan fingerprint density at radius 1 is 1.26 bits per heavy atom. The number of hydrogen-bond donors (Lipinski definition) is 2. The standard InChI is InChI=1S/C13H11F2N3O/c1-7-4-8(13(16)17)5-12(18-7)19-11-3-2-9(14)6-10(11)15/h2-6H,1H3,(H3,16,17). The minimum atomic E-state index is -0.826. The second-order valence-electron chi connectivity index (χ2n) is 3.93. The van der Waals surface area contributed by atoms with Gasteiger partial charge >= 0.3 is 0 Å². The van der Waals surface area contributed by atoms with Gasteiger partial charge in [0.1, 0.15) is 11.7 Å². The van der Waals surface area contributed by atoms with Gasteiger partial charge in [-0.15, -0.1) is 0 Å². The molecule has 2 aromatic rings. The van der Waals surface area contributed by atoms with Gasteiger partial charge in [0.15, 0.2) is 11.6 Å². The molecule has 0 spiro atoms. The van der Waals surface area contributed by atoms with Crippen LogP contribution in [0.25, 0.3) is 0 Å². The van der Waals surface area contributed by atoms with Crippen molar-refractivity contribution >= 4 is 5.84 Å². The number of hydrogen-bond acceptors (Lipinski definition) is 3. The molecule has 0 aliphatic carbocycles. The normalized spacial score (nSPS) is 10.3. The highest BCUT2D eigenvalue weighted by atomic mass is 19.1. The Morgan fingerprint density at radius 2 is 2.00 bits per heavy atom. The van der Waals surface area contributed by atoms with E-state index >= 15 is 0 Å². The van der Waals surface area contributed by atoms with Gasteiger partial charge in [0, 0.05) is 23.4 Å². The number of pyridine rings is 1. The zero-order valence-corrected chi connectivity index (χ0v) is 10.1. The van der Waals surface area contributed by atoms with E-state index in [1.165, 1.54) is 12.1 Å². The van der Waals surface area contributed by atoms with E-state index in [1.807, 2.05) is 0 Å². The van der Waals surface area contributed by atoms with Crippen LogP contribution >= 0.6 is 0 Å². The van der Waals surface area contributed by atoms with Crippen LogP contribution in [0, 0.1) is 24.0 Å². The van der Waals surface area contributed by atoms with E-state index in [1.54, 1.807) is 13.0 Å². The van der Waals surface area contributed by atoms with Crippen molar-refractivity contribution in [1.82, 2.24) is 4.98 Å². The van der Waals surface area contributed by atoms with Crippen LogP contribution in [0.1, 0.15) is 11.3 Å². The first-order chi connectivity index (χ1) is 8.95. The number of benzene rings is 1. The Balaban J connectivity index is 2.35. The van der Waals surface area contributed by atoms with Gasteiger partial charge in [-0.3, -0.25) is 5.41 Å². The lowest BCUT2D eigenvalue weighted by Gasteiger charge is -2.08. The van der Waals surface area contributed by atoms with Crippen molar-refractivity contribution in [3.8, 4) is 11.6 Å². The number of ether oxygens (including phenoxy) is 1. The van der Waals surface area contributed by atoms with Crippen LogP contribution in [-0.4, -0.2) is 10.8 Å². The van der Waals surface area contributed by atoms with Gasteiger partial charge in [-0.1, -0.05) is 0 Å². The molecule has 98 valence electrons. The first-order valence-electron chi connectivity index (χ1n) is 5.41. The number of amidine groups is 1. The van der Waals surface area contributed by atoms with Crippen molar-refractivity contribution in [2.24, 2.45) is 5.73 Å². The first kappa shape index (κ1) is 12.9. The van der Waals surface area contributed by atoms with Crippen LogP contribution in [0.3, 0.4) is 0 Å². The molecular formula is C13H11F2N3O. The molecule has 0 amide bonds. The van der Waals surface area contributed by atoms with E-state index in [0.29, 0.717) is 11.3 Å². The molecule has 3 N–H and O–H groups in total. The number of nitrogens with two attached hydrogens (primary N) is 1. The van der Waals surface area contributed by atoms with Crippen molar-refractivity contribution in [3.05, 3.63) is 53.2 Å². The monoisotopic (exact) mass is 263 g/mol. The molecule has 0 saturated heterocycles. The highest BCUT2D eigenvalue weighted by Gasteiger charge is 2.09. The van der Waals surface area contributed by atoms with Crippen LogP contribution in [0.5, 0.6) is 11.6 Å². The summed E-state index contributed by atoms with van der Waals surface area (Å²) in [7, 11) is 0. The zero-order chi connectivity index (χ0) is 14.0. The molecule has 0 aliphatic heterocycles. The molecule has 0 radical (unpaired) electrons. The predicted octanol–water partition coefficient (Wildman–Crippen LogP) is 2.74. The van der Waals surface area contributed by atoms with Crippen LogP contribution in [0.4, 0.5) is 8.78 Å². The summed E-state index contributed by atoms with van der Waals surface area (Å²) in [5.41, 5.74) is 6.37. The van der Waals surface area contributed by atoms with E-state index in [2.05, 4.69) is 4.98 Å². The van der Waals surface area contributed by atoms with Crippen molar-refractivity contribution < 1.29 is 13.5 Å². The third-order valence-corrected chi connectivity index (χ3v) is 2.35. The largest absolute Gasteiger partial charge is 0.436 e. The van der Waals surface area contributed by atoms with Gasteiger partial charge in [0.25, 0.3) is 0 Å². The number of halogens is 2. The van der Waals surface area contributed by atoms with Gasteiger partial charge in [-0.2, -0.15) is 0 Å². The smallest absolute Gasteiger partial charge is 0.220 e. The highest BCUT2D eigenvalue weighted by Crippen LogP contribution is 2.24. The third-order valence-electron chi connectivity index (χ3n) is 2.35. The lowest BCUT2D eigenvalue weighted by molar-refractivity contribution is 0.423. The fourth-order valence-corrected chi connectivity index (χ4v) is 1.52. The summed E-state index contributed by atoms with van der Waals surface area (Å²) >= 11 is 0. The molecule has 0 unspecified atom stereocenters. The summed E-state index contributed by atoms with van der Waals surface area (Å²) in [5, 5.41) is 7.35. The van der Waals surface area contributed by atoms with Crippen LogP contribution < -0.4 is 10.5 Å². The third kappa shape index (κ3) is 3.04. The molecule has 0 saturated carbocycles. The summed E-state index contributed by atoms with van der Waals surface area (Å²) in [5.74, 6) is -1.71. The Labute approximate surface area is 108 Å². The SMILES string of the molecule is Cc1cc(C(=N)N)cc(Oc2ccc(F)cc2F)n1. The Morgan fingerprint density at radius 3 is 2.63 bits per heavy atom. The quantitative estimate of drug-likeness (QED) is 0.660. The van der Waals surface area contributed by atoms with Gasteiger partial charge in [-0.05, 0) is 25.1 Å². The summed E-state index contributed by atoms with van der Waals surface area (Å²) < 4.78 is 31.4. The molecule has 0 atom stereocenters. The second-order valence-corrected chi connectivity index (χ2v) is 3.93. The van der Waals surface area contributed by atoms with Gasteiger partial charge in [-0.25, -0.2) is 13.8 Å². The molecule has 6 heteroatoms. The number of rotatable bonds is 3. The van der Waals surface area contributed by atoms with Gasteiger partial charge in [0.2, 0.25) is 5.88 Å². The van der Waals surface area contributed by atoms with Crippen molar-refractivity contribution in [2.45, 2.75) is 6.92 Å². The Kier molecular flexibility index (Phi) is 3.41. The lowest BCUT2D eigenvalue weighted by atomic mass is 10.2. The molecule has 19 heavy (non-hydrogen) atoms. The van der Waals surface area contributed by atoms with Crippen molar-refractivity contribution in [3.63, 3.8) is 0 Å². The molecule has 1 aromatic carbocycles. The van der Waals surface area contributed by atoms with Crippen molar-refractivity contribution in [2.75, 3.05) is 0 Å². The zero-order valence-electron chi connectivity index (χ0n) is 10.1. The first-order valence-corrected chi connectivity index (χ1v) is 5.41. The van der Waals surface area contributed by atoms with Crippen molar-refractivity contribution in [1.29, 1.82) is 5.41 Å². The summed E-state index contributed by atoms with van der Waals surface area (Å²) in [6, 6.07) is 5.99. The number of aromatic nitrogens is 1. The fourth-order valence-electron chi connectivity index (χ4n) is 1.52. The number of nitrogens with zero attached hydrogens (tertiary/aromatic N) is 1. The molecule has 1 aromatic heterocycles. The topological polar surface area (TPSA) is 72.0 Å². The van der Waals surface area contributed by atoms with Crippen LogP contribution in [0.15, 0.2) is 30.3 Å². The molecule has 0 aliphatic rings. The lowest BCUT2D eigenvalue weighted by Crippen LogP contribution is -2.11. The molecule has 0 fully saturated rings. The summed E-state index contributed by atoms with van der Waals surface area (Å²) in [4.78, 5) is 4.04. The van der Waals surface area contributed by atoms with E-state index < -0.39 is 11.6 Å². The molecule has 0 bridgehead atoms. The Hall–Kier alpha value is -2.50. The second kappa shape index (κ2) is 5.01. The maximum absolute atomic E-state index is 13.4. The predicted molar refractivity (Wildman–Crippen MR) is 66.4 cm³/mol. The van der Waals surface area contributed by atoms with Gasteiger partial charge in [0.05, 0.1) is 0 Å². The van der Waals surface area contributed by atoms with E-state index in [9.17, 15) is 8.78 Å². The van der Waals surface area contributed by atoms with E-state index in [0.717, 1.165) is 12.1 Å². The Bertz CT molecular complexity index is 644. The highest BCUT2D eigenvalue weighted by molar-refractivity contribution is 5.95. The average molecular weight is 263 g/mol. The maximum atomic E-state index is 13.4. The van der Waals surface area contributed by atoms with Gasteiger partial charge < -0.3 is 10.5 Å². The molecule has 2 rings (SSSR count). The fraction of sp³-hybridized carbons (Fsp3) is 0.0769. The van der Waals surface area contributed by atoms with Crippen LogP contribution in [0.2, 0.25) is 0 Å².